The summed E-state index contributed by atoms with van der Waals surface area (Å²) < 4.78 is 6.63. The van der Waals surface area contributed by atoms with Gasteiger partial charge in [0.05, 0.1) is 19.4 Å². The highest BCUT2D eigenvalue weighted by atomic mass is 16.5. The first-order valence-corrected chi connectivity index (χ1v) is 6.33. The third kappa shape index (κ3) is 5.11. The van der Waals surface area contributed by atoms with E-state index in [0.29, 0.717) is 13.1 Å². The van der Waals surface area contributed by atoms with Crippen LogP contribution in [-0.2, 0) is 20.9 Å². The van der Waals surface area contributed by atoms with Gasteiger partial charge in [0.2, 0.25) is 5.91 Å². The second-order valence-corrected chi connectivity index (χ2v) is 4.54. The first kappa shape index (κ1) is 15.2. The number of aryl methyl sites for hydroxylation is 1. The topological polar surface area (TPSA) is 64.4 Å². The summed E-state index contributed by atoms with van der Waals surface area (Å²) in [6.45, 7) is 5.09. The fraction of sp³-hybridized carbons (Fsp3) is 0.615. The Hall–Kier alpha value is -1.85. The summed E-state index contributed by atoms with van der Waals surface area (Å²) in [6, 6.07) is 0. The molecule has 1 atom stereocenters. The lowest BCUT2D eigenvalue weighted by molar-refractivity contribution is -0.146. The number of esters is 1. The molecule has 0 bridgehead atoms. The van der Waals surface area contributed by atoms with Crippen molar-refractivity contribution in [2.75, 3.05) is 20.2 Å². The summed E-state index contributed by atoms with van der Waals surface area (Å²) in [5, 5.41) is 0. The van der Waals surface area contributed by atoms with E-state index in [0.717, 1.165) is 13.0 Å². The van der Waals surface area contributed by atoms with E-state index in [1.807, 2.05) is 10.8 Å². The van der Waals surface area contributed by atoms with Crippen LogP contribution in [0.3, 0.4) is 0 Å². The maximum absolute atomic E-state index is 11.5. The number of rotatable bonds is 7. The number of hydrogen-bond acceptors (Lipinski definition) is 4. The van der Waals surface area contributed by atoms with Gasteiger partial charge in [-0.3, -0.25) is 9.59 Å². The maximum Gasteiger partial charge on any atom is 0.310 e. The second-order valence-electron chi connectivity index (χ2n) is 4.54. The summed E-state index contributed by atoms with van der Waals surface area (Å²) in [6.07, 6.45) is 6.18. The zero-order chi connectivity index (χ0) is 14.3. The summed E-state index contributed by atoms with van der Waals surface area (Å²) in [5.74, 6) is -0.621. The minimum absolute atomic E-state index is 0.0265. The van der Waals surface area contributed by atoms with Gasteiger partial charge in [-0.05, 0) is 6.42 Å². The van der Waals surface area contributed by atoms with E-state index in [1.165, 1.54) is 14.0 Å². The second kappa shape index (κ2) is 7.56. The lowest BCUT2D eigenvalue weighted by Crippen LogP contribution is -2.36. The van der Waals surface area contributed by atoms with Gasteiger partial charge in [-0.15, -0.1) is 0 Å². The average Bonchev–Trinajstić information content (AvgIpc) is 2.89. The van der Waals surface area contributed by atoms with E-state index in [9.17, 15) is 9.59 Å². The normalized spacial score (nSPS) is 11.9. The number of aromatic nitrogens is 2. The van der Waals surface area contributed by atoms with Crippen LogP contribution < -0.4 is 0 Å². The van der Waals surface area contributed by atoms with Crippen molar-refractivity contribution in [1.82, 2.24) is 14.5 Å². The molecule has 19 heavy (non-hydrogen) atoms. The largest absolute Gasteiger partial charge is 0.469 e. The van der Waals surface area contributed by atoms with Crippen LogP contribution in [0.5, 0.6) is 0 Å². The fourth-order valence-corrected chi connectivity index (χ4v) is 1.85. The maximum atomic E-state index is 11.5. The molecule has 106 valence electrons. The molecule has 1 aromatic rings. The molecule has 1 rings (SSSR count). The Kier molecular flexibility index (Phi) is 6.05. The van der Waals surface area contributed by atoms with Crippen LogP contribution >= 0.6 is 0 Å². The molecule has 1 amide bonds. The Balaban J connectivity index is 2.40. The lowest BCUT2D eigenvalue weighted by atomic mass is 10.1. The van der Waals surface area contributed by atoms with Crippen LogP contribution in [0.4, 0.5) is 0 Å². The standard InChI is InChI=1S/C13H21N3O3/c1-11(13(18)19-3)9-16(12(2)17)7-4-6-15-8-5-14-10-15/h5,8,10-11H,4,6-7,9H2,1-3H3. The molecule has 0 radical (unpaired) electrons. The van der Waals surface area contributed by atoms with Gasteiger partial charge in [0.15, 0.2) is 0 Å². The molecule has 1 heterocycles. The summed E-state index contributed by atoms with van der Waals surface area (Å²) >= 11 is 0. The van der Waals surface area contributed by atoms with E-state index in [-0.39, 0.29) is 17.8 Å². The third-order valence-electron chi connectivity index (χ3n) is 2.95. The van der Waals surface area contributed by atoms with Crippen molar-refractivity contribution in [2.45, 2.75) is 26.8 Å². The number of ether oxygens (including phenoxy) is 1. The zero-order valence-electron chi connectivity index (χ0n) is 11.7. The van der Waals surface area contributed by atoms with Gasteiger partial charge >= 0.3 is 5.97 Å². The van der Waals surface area contributed by atoms with E-state index >= 15 is 0 Å². The highest BCUT2D eigenvalue weighted by Gasteiger charge is 2.18. The molecule has 0 aliphatic heterocycles. The molecule has 6 heteroatoms. The van der Waals surface area contributed by atoms with Gasteiger partial charge < -0.3 is 14.2 Å². The molecule has 0 fully saturated rings. The van der Waals surface area contributed by atoms with Crippen molar-refractivity contribution < 1.29 is 14.3 Å². The number of amides is 1. The van der Waals surface area contributed by atoms with E-state index in [2.05, 4.69) is 9.72 Å². The predicted molar refractivity (Wildman–Crippen MR) is 70.3 cm³/mol. The molecule has 6 nitrogen and oxygen atoms in total. The van der Waals surface area contributed by atoms with Crippen molar-refractivity contribution in [2.24, 2.45) is 5.92 Å². The first-order valence-electron chi connectivity index (χ1n) is 6.33. The number of carbonyl (C=O) groups is 2. The van der Waals surface area contributed by atoms with Crippen LogP contribution in [0, 0.1) is 5.92 Å². The van der Waals surface area contributed by atoms with E-state index < -0.39 is 0 Å². The molecule has 0 saturated carbocycles. The minimum Gasteiger partial charge on any atom is -0.469 e. The molecule has 0 spiro atoms. The molecular formula is C13H21N3O3. The van der Waals surface area contributed by atoms with Crippen molar-refractivity contribution in [3.8, 4) is 0 Å². The van der Waals surface area contributed by atoms with Gasteiger partial charge in [-0.2, -0.15) is 0 Å². The van der Waals surface area contributed by atoms with Crippen LogP contribution in [0.15, 0.2) is 18.7 Å². The van der Waals surface area contributed by atoms with Crippen LogP contribution in [0.25, 0.3) is 0 Å². The summed E-state index contributed by atoms with van der Waals surface area (Å²) in [5.41, 5.74) is 0. The Labute approximate surface area is 113 Å². The molecule has 0 aliphatic rings. The fourth-order valence-electron chi connectivity index (χ4n) is 1.85. The quantitative estimate of drug-likeness (QED) is 0.689. The number of imidazole rings is 1. The summed E-state index contributed by atoms with van der Waals surface area (Å²) in [7, 11) is 1.36. The minimum atomic E-state index is -0.304. The number of hydrogen-bond donors (Lipinski definition) is 0. The number of nitrogens with zero attached hydrogens (tertiary/aromatic N) is 3. The first-order chi connectivity index (χ1) is 9.04. The number of methoxy groups -OCH3 is 1. The van der Waals surface area contributed by atoms with Crippen LogP contribution in [-0.4, -0.2) is 46.5 Å². The smallest absolute Gasteiger partial charge is 0.310 e. The number of carbonyl (C=O) groups excluding carboxylic acids is 2. The SMILES string of the molecule is COC(=O)C(C)CN(CCCn1ccnc1)C(C)=O. The molecule has 0 N–H and O–H groups in total. The Bertz CT molecular complexity index is 403. The molecule has 0 saturated heterocycles. The summed E-state index contributed by atoms with van der Waals surface area (Å²) in [4.78, 5) is 28.5. The predicted octanol–water partition coefficient (Wildman–Crippen LogP) is 0.931. The van der Waals surface area contributed by atoms with Gasteiger partial charge in [-0.25, -0.2) is 4.98 Å². The lowest BCUT2D eigenvalue weighted by Gasteiger charge is -2.23. The third-order valence-corrected chi connectivity index (χ3v) is 2.95. The van der Waals surface area contributed by atoms with E-state index in [1.54, 1.807) is 24.3 Å². The van der Waals surface area contributed by atoms with Crippen molar-refractivity contribution in [1.29, 1.82) is 0 Å². The van der Waals surface area contributed by atoms with Crippen molar-refractivity contribution >= 4 is 11.9 Å². The molecular weight excluding hydrogens is 246 g/mol. The van der Waals surface area contributed by atoms with Gasteiger partial charge in [0, 0.05) is 39.0 Å². The molecule has 1 aromatic heterocycles. The highest BCUT2D eigenvalue weighted by Crippen LogP contribution is 2.04. The Morgan fingerprint density at radius 3 is 2.74 bits per heavy atom. The van der Waals surface area contributed by atoms with Gasteiger partial charge in [0.25, 0.3) is 0 Å². The Morgan fingerprint density at radius 2 is 2.21 bits per heavy atom. The average molecular weight is 267 g/mol. The van der Waals surface area contributed by atoms with Crippen LogP contribution in [0.2, 0.25) is 0 Å². The molecule has 0 aromatic carbocycles. The highest BCUT2D eigenvalue weighted by molar-refractivity contribution is 5.76. The molecule has 0 aliphatic carbocycles. The van der Waals surface area contributed by atoms with Crippen molar-refractivity contribution in [3.63, 3.8) is 0 Å². The van der Waals surface area contributed by atoms with Crippen molar-refractivity contribution in [3.05, 3.63) is 18.7 Å². The monoisotopic (exact) mass is 267 g/mol. The van der Waals surface area contributed by atoms with Gasteiger partial charge in [-0.1, -0.05) is 6.92 Å². The van der Waals surface area contributed by atoms with Crippen LogP contribution in [0.1, 0.15) is 20.3 Å². The van der Waals surface area contributed by atoms with E-state index in [4.69, 9.17) is 0 Å². The Morgan fingerprint density at radius 1 is 1.47 bits per heavy atom. The zero-order valence-corrected chi connectivity index (χ0v) is 11.7. The van der Waals surface area contributed by atoms with Gasteiger partial charge in [0.1, 0.15) is 0 Å². The molecule has 1 unspecified atom stereocenters.